The number of carbonyl (C=O) groups is 1. The molecular weight excluding hydrogens is 376 g/mol. The summed E-state index contributed by atoms with van der Waals surface area (Å²) in [4.78, 5) is 13.4. The number of nitrogens with one attached hydrogen (secondary N) is 1. The molecule has 5 nitrogen and oxygen atoms in total. The molecule has 0 aromatic heterocycles. The molecule has 2 atom stereocenters. The van der Waals surface area contributed by atoms with Crippen molar-refractivity contribution in [1.82, 2.24) is 5.32 Å². The minimum absolute atomic E-state index is 0.0627. The molecule has 2 aromatic rings. The van der Waals surface area contributed by atoms with Crippen molar-refractivity contribution >= 4 is 5.78 Å². The van der Waals surface area contributed by atoms with E-state index < -0.39 is 5.92 Å². The number of rotatable bonds is 4. The highest BCUT2D eigenvalue weighted by molar-refractivity contribution is 6.00. The lowest BCUT2D eigenvalue weighted by Crippen LogP contribution is -2.33. The van der Waals surface area contributed by atoms with Gasteiger partial charge in [0.05, 0.1) is 31.8 Å². The van der Waals surface area contributed by atoms with Gasteiger partial charge < -0.3 is 14.8 Å². The molecule has 1 N–H and O–H groups in total. The number of hydrogen-bond acceptors (Lipinski definition) is 5. The second-order valence-electron chi connectivity index (χ2n) is 7.62. The van der Waals surface area contributed by atoms with Gasteiger partial charge in [0.25, 0.3) is 0 Å². The number of benzene rings is 2. The van der Waals surface area contributed by atoms with E-state index in [9.17, 15) is 10.1 Å². The van der Waals surface area contributed by atoms with E-state index in [1.54, 1.807) is 14.2 Å². The lowest BCUT2D eigenvalue weighted by atomic mass is 9.72. The minimum Gasteiger partial charge on any atom is -0.493 e. The first-order valence-electron chi connectivity index (χ1n) is 9.99. The zero-order valence-corrected chi connectivity index (χ0v) is 17.4. The molecule has 30 heavy (non-hydrogen) atoms. The smallest absolute Gasteiger partial charge is 0.164 e. The number of nitrogens with zero attached hydrogens (tertiary/aromatic N) is 1. The summed E-state index contributed by atoms with van der Waals surface area (Å²) in [6.45, 7) is 1.89. The molecule has 0 spiro atoms. The normalized spacial score (nSPS) is 20.9. The van der Waals surface area contributed by atoms with Crippen LogP contribution in [0, 0.1) is 11.3 Å². The molecule has 0 unspecified atom stereocenters. The van der Waals surface area contributed by atoms with Crippen molar-refractivity contribution in [3.05, 3.63) is 82.2 Å². The van der Waals surface area contributed by atoms with Crippen molar-refractivity contribution < 1.29 is 14.3 Å². The average Bonchev–Trinajstić information content (AvgIpc) is 2.77. The number of para-hydroxylation sites is 1. The number of ketones is 1. The number of allylic oxidation sites excluding steroid dienone is 4. The van der Waals surface area contributed by atoms with Crippen molar-refractivity contribution in [2.24, 2.45) is 0 Å². The third-order valence-corrected chi connectivity index (χ3v) is 5.96. The van der Waals surface area contributed by atoms with Crippen molar-refractivity contribution in [2.45, 2.75) is 31.6 Å². The Balaban J connectivity index is 1.85. The molecule has 2 aliphatic rings. The van der Waals surface area contributed by atoms with Crippen LogP contribution in [0.25, 0.3) is 0 Å². The number of methoxy groups -OCH3 is 2. The Labute approximate surface area is 176 Å². The van der Waals surface area contributed by atoms with Gasteiger partial charge in [0.1, 0.15) is 0 Å². The van der Waals surface area contributed by atoms with Gasteiger partial charge in [-0.1, -0.05) is 42.5 Å². The van der Waals surface area contributed by atoms with Crippen LogP contribution >= 0.6 is 0 Å². The van der Waals surface area contributed by atoms with E-state index in [1.807, 2.05) is 43.3 Å². The second kappa shape index (κ2) is 8.08. The standard InChI is InChI=1S/C25H24N2O3/c1-15-19(14-26)23(18-10-7-11-22(29-2)25(18)30-3)24-20(27-15)12-17(13-21(24)28)16-8-5-4-6-9-16/h4-11,17,23,27H,12-13H2,1-3H3/t17-,23-/m1/s1. The SMILES string of the molecule is COc1cccc([C@@H]2C(C#N)=C(C)NC3=C2C(=O)C[C@H](c2ccccc2)C3)c1OC. The highest BCUT2D eigenvalue weighted by atomic mass is 16.5. The van der Waals surface area contributed by atoms with Gasteiger partial charge in [-0.15, -0.1) is 0 Å². The van der Waals surface area contributed by atoms with E-state index in [0.29, 0.717) is 29.1 Å². The summed E-state index contributed by atoms with van der Waals surface area (Å²) in [5, 5.41) is 13.3. The molecule has 0 fully saturated rings. The number of carbonyl (C=O) groups excluding carboxylic acids is 1. The zero-order chi connectivity index (χ0) is 21.3. The number of Topliss-reactive ketones (excluding diaryl/α,β-unsaturated/α-hetero) is 1. The summed E-state index contributed by atoms with van der Waals surface area (Å²) in [6, 6.07) is 18.0. The maximum atomic E-state index is 13.4. The van der Waals surface area contributed by atoms with Crippen molar-refractivity contribution in [3.8, 4) is 17.6 Å². The van der Waals surface area contributed by atoms with Crippen LogP contribution in [0.5, 0.6) is 11.5 Å². The maximum Gasteiger partial charge on any atom is 0.164 e. The van der Waals surface area contributed by atoms with Crippen LogP contribution in [0.2, 0.25) is 0 Å². The van der Waals surface area contributed by atoms with E-state index in [1.165, 1.54) is 0 Å². The second-order valence-corrected chi connectivity index (χ2v) is 7.62. The Morgan fingerprint density at radius 2 is 1.80 bits per heavy atom. The lowest BCUT2D eigenvalue weighted by Gasteiger charge is -2.36. The van der Waals surface area contributed by atoms with Crippen LogP contribution < -0.4 is 14.8 Å². The molecule has 5 heteroatoms. The van der Waals surface area contributed by atoms with Crippen LogP contribution in [-0.2, 0) is 4.79 Å². The molecule has 152 valence electrons. The Morgan fingerprint density at radius 3 is 2.47 bits per heavy atom. The number of nitriles is 1. The first-order chi connectivity index (χ1) is 14.6. The van der Waals surface area contributed by atoms with Crippen molar-refractivity contribution in [2.75, 3.05) is 14.2 Å². The molecule has 1 aliphatic heterocycles. The zero-order valence-electron chi connectivity index (χ0n) is 17.4. The minimum atomic E-state index is -0.472. The first kappa shape index (κ1) is 19.8. The Morgan fingerprint density at radius 1 is 1.03 bits per heavy atom. The first-order valence-corrected chi connectivity index (χ1v) is 9.99. The van der Waals surface area contributed by atoms with E-state index in [2.05, 4.69) is 23.5 Å². The van der Waals surface area contributed by atoms with Gasteiger partial charge in [0.2, 0.25) is 0 Å². The topological polar surface area (TPSA) is 71.3 Å². The fourth-order valence-electron chi connectivity index (χ4n) is 4.60. The van der Waals surface area contributed by atoms with Gasteiger partial charge in [0, 0.05) is 29.0 Å². The summed E-state index contributed by atoms with van der Waals surface area (Å²) in [6.07, 6.45) is 1.15. The quantitative estimate of drug-likeness (QED) is 0.813. The predicted molar refractivity (Wildman–Crippen MR) is 114 cm³/mol. The van der Waals surface area contributed by atoms with Crippen LogP contribution in [-0.4, -0.2) is 20.0 Å². The molecular formula is C25H24N2O3. The van der Waals surface area contributed by atoms with Crippen molar-refractivity contribution in [3.63, 3.8) is 0 Å². The number of ether oxygens (including phenoxy) is 2. The maximum absolute atomic E-state index is 13.4. The van der Waals surface area contributed by atoms with Gasteiger partial charge >= 0.3 is 0 Å². The Bertz CT molecular complexity index is 1090. The highest BCUT2D eigenvalue weighted by Crippen LogP contribution is 2.48. The Hall–Kier alpha value is -3.52. The summed E-state index contributed by atoms with van der Waals surface area (Å²) in [5.41, 5.74) is 4.79. The third-order valence-electron chi connectivity index (χ3n) is 5.96. The summed E-state index contributed by atoms with van der Waals surface area (Å²) < 4.78 is 11.1. The summed E-state index contributed by atoms with van der Waals surface area (Å²) >= 11 is 0. The van der Waals surface area contributed by atoms with Gasteiger partial charge in [-0.2, -0.15) is 5.26 Å². The summed E-state index contributed by atoms with van der Waals surface area (Å²) in [5.74, 6) is 0.843. The van der Waals surface area contributed by atoms with Gasteiger partial charge in [0.15, 0.2) is 17.3 Å². The van der Waals surface area contributed by atoms with E-state index >= 15 is 0 Å². The monoisotopic (exact) mass is 400 g/mol. The molecule has 1 aliphatic carbocycles. The van der Waals surface area contributed by atoms with Crippen LogP contribution in [0.1, 0.15) is 42.7 Å². The van der Waals surface area contributed by atoms with E-state index in [4.69, 9.17) is 9.47 Å². The van der Waals surface area contributed by atoms with Crippen LogP contribution in [0.3, 0.4) is 0 Å². The molecule has 0 saturated carbocycles. The number of dihydropyridines is 1. The Kier molecular flexibility index (Phi) is 5.33. The molecule has 1 heterocycles. The van der Waals surface area contributed by atoms with Gasteiger partial charge in [-0.3, -0.25) is 4.79 Å². The van der Waals surface area contributed by atoms with E-state index in [-0.39, 0.29) is 11.7 Å². The van der Waals surface area contributed by atoms with Crippen LogP contribution in [0.4, 0.5) is 0 Å². The van der Waals surface area contributed by atoms with Gasteiger partial charge in [-0.25, -0.2) is 0 Å². The fraction of sp³-hybridized carbons (Fsp3) is 0.280. The molecule has 0 bridgehead atoms. The molecule has 0 radical (unpaired) electrons. The predicted octanol–water partition coefficient (Wildman–Crippen LogP) is 4.59. The van der Waals surface area contributed by atoms with E-state index in [0.717, 1.165) is 28.9 Å². The largest absolute Gasteiger partial charge is 0.493 e. The highest BCUT2D eigenvalue weighted by Gasteiger charge is 2.40. The van der Waals surface area contributed by atoms with Crippen LogP contribution in [0.15, 0.2) is 71.1 Å². The lowest BCUT2D eigenvalue weighted by molar-refractivity contribution is -0.116. The summed E-state index contributed by atoms with van der Waals surface area (Å²) in [7, 11) is 3.16. The number of hydrogen-bond donors (Lipinski definition) is 1. The van der Waals surface area contributed by atoms with Crippen molar-refractivity contribution in [1.29, 1.82) is 5.26 Å². The molecule has 0 amide bonds. The van der Waals surface area contributed by atoms with Gasteiger partial charge in [-0.05, 0) is 30.9 Å². The fourth-order valence-corrected chi connectivity index (χ4v) is 4.60. The third kappa shape index (κ3) is 3.25. The molecule has 2 aromatic carbocycles. The molecule has 4 rings (SSSR count). The average molecular weight is 400 g/mol. The molecule has 0 saturated heterocycles.